The number of aromatic hydroxyl groups is 1. The molecule has 4 N–H and O–H groups in total. The molecular weight excluding hydrogens is 144 g/mol. The third-order valence-corrected chi connectivity index (χ3v) is 1.51. The number of phenolic OH excluding ortho intramolecular Hbond substituents is 1. The van der Waals surface area contributed by atoms with Crippen LogP contribution in [0.4, 0.5) is 5.69 Å². The standard InChI is InChI=1S/C6H6N4O/c7-5-4(11)2-1-3-6(5)9-10-8-3/h1-2,11H,7H2,(H,8,9,10). The number of nitrogens with two attached hydrogens (primary N) is 1. The first-order valence-electron chi connectivity index (χ1n) is 3.07. The van der Waals surface area contributed by atoms with Crippen LogP contribution in [0.3, 0.4) is 0 Å². The number of hydrogen-bond acceptors (Lipinski definition) is 4. The van der Waals surface area contributed by atoms with E-state index in [1.165, 1.54) is 6.07 Å². The molecule has 0 radical (unpaired) electrons. The van der Waals surface area contributed by atoms with E-state index in [1.807, 2.05) is 0 Å². The first-order valence-corrected chi connectivity index (χ1v) is 3.07. The van der Waals surface area contributed by atoms with E-state index >= 15 is 0 Å². The third-order valence-electron chi connectivity index (χ3n) is 1.51. The number of hydrogen-bond donors (Lipinski definition) is 3. The summed E-state index contributed by atoms with van der Waals surface area (Å²) in [4.78, 5) is 0. The zero-order chi connectivity index (χ0) is 7.84. The lowest BCUT2D eigenvalue weighted by Gasteiger charge is -1.95. The maximum Gasteiger partial charge on any atom is 0.140 e. The first kappa shape index (κ1) is 5.96. The molecule has 1 aromatic heterocycles. The van der Waals surface area contributed by atoms with Gasteiger partial charge < -0.3 is 10.8 Å². The maximum absolute atomic E-state index is 9.13. The summed E-state index contributed by atoms with van der Waals surface area (Å²) >= 11 is 0. The molecule has 56 valence electrons. The first-order chi connectivity index (χ1) is 5.29. The van der Waals surface area contributed by atoms with Crippen LogP contribution in [0.1, 0.15) is 0 Å². The molecule has 0 amide bonds. The quantitative estimate of drug-likeness (QED) is 0.371. The smallest absolute Gasteiger partial charge is 0.140 e. The number of phenols is 1. The summed E-state index contributed by atoms with van der Waals surface area (Å²) in [6.07, 6.45) is 0. The lowest BCUT2D eigenvalue weighted by molar-refractivity contribution is 0.478. The molecule has 1 aromatic carbocycles. The lowest BCUT2D eigenvalue weighted by Crippen LogP contribution is -1.86. The van der Waals surface area contributed by atoms with Gasteiger partial charge in [0.25, 0.3) is 0 Å². The predicted octanol–water partition coefficient (Wildman–Crippen LogP) is 0.246. The van der Waals surface area contributed by atoms with Gasteiger partial charge in [-0.15, -0.1) is 0 Å². The number of anilines is 1. The molecule has 0 aliphatic heterocycles. The Morgan fingerprint density at radius 2 is 2.18 bits per heavy atom. The highest BCUT2D eigenvalue weighted by atomic mass is 16.3. The Kier molecular flexibility index (Phi) is 1.00. The van der Waals surface area contributed by atoms with E-state index < -0.39 is 0 Å². The molecule has 11 heavy (non-hydrogen) atoms. The van der Waals surface area contributed by atoms with Gasteiger partial charge in [-0.05, 0) is 12.1 Å². The Hall–Kier alpha value is -1.78. The predicted molar refractivity (Wildman–Crippen MR) is 40.0 cm³/mol. The number of aromatic amines is 1. The van der Waals surface area contributed by atoms with Crippen LogP contribution in [0.5, 0.6) is 5.75 Å². The molecule has 0 bridgehead atoms. The van der Waals surface area contributed by atoms with Crippen molar-refractivity contribution >= 4 is 16.7 Å². The highest BCUT2D eigenvalue weighted by Crippen LogP contribution is 2.25. The SMILES string of the molecule is Nc1c(O)ccc2n[nH]nc12. The molecule has 0 aliphatic rings. The highest BCUT2D eigenvalue weighted by molar-refractivity contribution is 5.89. The van der Waals surface area contributed by atoms with Crippen molar-refractivity contribution in [2.45, 2.75) is 0 Å². The second-order valence-corrected chi connectivity index (χ2v) is 2.19. The van der Waals surface area contributed by atoms with Gasteiger partial charge in [0.2, 0.25) is 0 Å². The fourth-order valence-electron chi connectivity index (χ4n) is 0.922. The average molecular weight is 150 g/mol. The molecular formula is C6H6N4O. The van der Waals surface area contributed by atoms with Gasteiger partial charge in [0.15, 0.2) is 0 Å². The van der Waals surface area contributed by atoms with Gasteiger partial charge in [-0.25, -0.2) is 0 Å². The number of H-pyrrole nitrogens is 1. The van der Waals surface area contributed by atoms with Gasteiger partial charge >= 0.3 is 0 Å². The Balaban J connectivity index is 2.93. The van der Waals surface area contributed by atoms with Crippen LogP contribution >= 0.6 is 0 Å². The van der Waals surface area contributed by atoms with Gasteiger partial charge in [0.05, 0.1) is 0 Å². The summed E-state index contributed by atoms with van der Waals surface area (Å²) in [5, 5.41) is 19.1. The van der Waals surface area contributed by atoms with Crippen molar-refractivity contribution in [1.29, 1.82) is 0 Å². The molecule has 0 fully saturated rings. The summed E-state index contributed by atoms with van der Waals surface area (Å²) in [7, 11) is 0. The second kappa shape index (κ2) is 1.85. The van der Waals surface area contributed by atoms with Crippen LogP contribution in [0.2, 0.25) is 0 Å². The Bertz CT molecular complexity index is 394. The number of nitrogen functional groups attached to an aromatic ring is 1. The van der Waals surface area contributed by atoms with Gasteiger partial charge in [-0.3, -0.25) is 0 Å². The van der Waals surface area contributed by atoms with E-state index in [4.69, 9.17) is 10.8 Å². The molecule has 0 atom stereocenters. The fraction of sp³-hybridized carbons (Fsp3) is 0. The number of fused-ring (bicyclic) bond motifs is 1. The summed E-state index contributed by atoms with van der Waals surface area (Å²) in [5.74, 6) is 0.0337. The summed E-state index contributed by atoms with van der Waals surface area (Å²) in [5.41, 5.74) is 6.91. The van der Waals surface area contributed by atoms with Crippen LogP contribution in [0, 0.1) is 0 Å². The van der Waals surface area contributed by atoms with Crippen LogP contribution in [-0.2, 0) is 0 Å². The van der Waals surface area contributed by atoms with Crippen molar-refractivity contribution in [3.05, 3.63) is 12.1 Å². The number of rotatable bonds is 0. The molecule has 0 saturated carbocycles. The number of nitrogens with one attached hydrogen (secondary N) is 1. The molecule has 0 saturated heterocycles. The molecule has 0 aliphatic carbocycles. The third kappa shape index (κ3) is 0.706. The van der Waals surface area contributed by atoms with Crippen molar-refractivity contribution in [1.82, 2.24) is 15.4 Å². The largest absolute Gasteiger partial charge is 0.506 e. The maximum atomic E-state index is 9.13. The molecule has 1 heterocycles. The Morgan fingerprint density at radius 1 is 1.36 bits per heavy atom. The summed E-state index contributed by atoms with van der Waals surface area (Å²) in [6, 6.07) is 3.13. The van der Waals surface area contributed by atoms with Crippen molar-refractivity contribution < 1.29 is 5.11 Å². The minimum atomic E-state index is 0.0337. The van der Waals surface area contributed by atoms with Gasteiger partial charge in [0, 0.05) is 0 Å². The van der Waals surface area contributed by atoms with Gasteiger partial charge in [-0.1, -0.05) is 0 Å². The topological polar surface area (TPSA) is 87.8 Å². The van der Waals surface area contributed by atoms with E-state index in [-0.39, 0.29) is 11.4 Å². The zero-order valence-electron chi connectivity index (χ0n) is 5.57. The molecule has 2 aromatic rings. The molecule has 5 heteroatoms. The Labute approximate surface area is 61.8 Å². The van der Waals surface area contributed by atoms with Crippen LogP contribution in [0.25, 0.3) is 11.0 Å². The number of aromatic nitrogens is 3. The van der Waals surface area contributed by atoms with Gasteiger partial charge in [0.1, 0.15) is 22.5 Å². The van der Waals surface area contributed by atoms with Crippen molar-refractivity contribution in [3.8, 4) is 5.75 Å². The summed E-state index contributed by atoms with van der Waals surface area (Å²) in [6.45, 7) is 0. The fourth-order valence-corrected chi connectivity index (χ4v) is 0.922. The molecule has 2 rings (SSSR count). The van der Waals surface area contributed by atoms with Crippen LogP contribution in [0.15, 0.2) is 12.1 Å². The van der Waals surface area contributed by atoms with E-state index in [1.54, 1.807) is 6.07 Å². The Morgan fingerprint density at radius 3 is 3.00 bits per heavy atom. The van der Waals surface area contributed by atoms with Crippen molar-refractivity contribution in [2.75, 3.05) is 5.73 Å². The number of benzene rings is 1. The molecule has 0 unspecified atom stereocenters. The lowest BCUT2D eigenvalue weighted by atomic mass is 10.2. The molecule has 5 nitrogen and oxygen atoms in total. The average Bonchev–Trinajstić information content (AvgIpc) is 2.45. The summed E-state index contributed by atoms with van der Waals surface area (Å²) < 4.78 is 0. The van der Waals surface area contributed by atoms with Gasteiger partial charge in [-0.2, -0.15) is 15.4 Å². The minimum absolute atomic E-state index is 0.0337. The van der Waals surface area contributed by atoms with Crippen LogP contribution in [-0.4, -0.2) is 20.5 Å². The monoisotopic (exact) mass is 150 g/mol. The van der Waals surface area contributed by atoms with E-state index in [0.717, 1.165) is 0 Å². The second-order valence-electron chi connectivity index (χ2n) is 2.19. The van der Waals surface area contributed by atoms with E-state index in [9.17, 15) is 0 Å². The van der Waals surface area contributed by atoms with Crippen molar-refractivity contribution in [2.24, 2.45) is 0 Å². The van der Waals surface area contributed by atoms with E-state index in [0.29, 0.717) is 11.0 Å². The van der Waals surface area contributed by atoms with Crippen LogP contribution < -0.4 is 5.73 Å². The number of nitrogens with zero attached hydrogens (tertiary/aromatic N) is 2. The zero-order valence-corrected chi connectivity index (χ0v) is 5.57. The highest BCUT2D eigenvalue weighted by Gasteiger charge is 2.05. The molecule has 0 spiro atoms. The normalized spacial score (nSPS) is 10.5. The van der Waals surface area contributed by atoms with Crippen molar-refractivity contribution in [3.63, 3.8) is 0 Å². The van der Waals surface area contributed by atoms with E-state index in [2.05, 4.69) is 15.4 Å². The minimum Gasteiger partial charge on any atom is -0.506 e.